The molecule has 6 heteroatoms. The Morgan fingerprint density at radius 3 is 1.63 bits per heavy atom. The van der Waals surface area contributed by atoms with Crippen LogP contribution in [-0.4, -0.2) is 92.4 Å². The minimum Gasteiger partial charge on any atom is -0.270 e. The first-order valence-corrected chi connectivity index (χ1v) is 13.9. The van der Waals surface area contributed by atoms with Crippen LogP contribution in [0.15, 0.2) is 91.0 Å². The van der Waals surface area contributed by atoms with E-state index in [9.17, 15) is 0 Å². The number of hydrogen-bond acceptors (Lipinski definition) is 1. The van der Waals surface area contributed by atoms with E-state index in [0.717, 1.165) is 25.0 Å². The fourth-order valence-electron chi connectivity index (χ4n) is 5.65. The van der Waals surface area contributed by atoms with E-state index in [0.29, 0.717) is 0 Å². The van der Waals surface area contributed by atoms with Crippen LogP contribution in [0.4, 0.5) is 0 Å². The zero-order chi connectivity index (χ0) is 27.5. The molecule has 0 aromatic heterocycles. The van der Waals surface area contributed by atoms with Gasteiger partial charge < -0.3 is 0 Å². The van der Waals surface area contributed by atoms with Gasteiger partial charge in [-0.1, -0.05) is 111 Å². The van der Waals surface area contributed by atoms with Crippen LogP contribution in [0.3, 0.4) is 0 Å². The molecular formula is C32H47BN5+. The molecule has 0 atom stereocenters. The number of guanidine groups is 2. The molecule has 1 heterocycles. The van der Waals surface area contributed by atoms with Crippen molar-refractivity contribution in [2.45, 2.75) is 26.1 Å². The van der Waals surface area contributed by atoms with Crippen molar-refractivity contribution in [1.82, 2.24) is 15.1 Å². The number of nitrogens with one attached hydrogen (secondary N) is 1. The fourth-order valence-corrected chi connectivity index (χ4v) is 5.65. The second-order valence-electron chi connectivity index (χ2n) is 10.8. The van der Waals surface area contributed by atoms with Gasteiger partial charge in [-0.2, -0.15) is 28.0 Å². The van der Waals surface area contributed by atoms with Gasteiger partial charge in [-0.05, 0) is 0 Å². The van der Waals surface area contributed by atoms with Crippen molar-refractivity contribution in [2.75, 3.05) is 55.4 Å². The molecule has 3 aromatic carbocycles. The van der Waals surface area contributed by atoms with E-state index in [1.807, 2.05) is 28.2 Å². The van der Waals surface area contributed by atoms with Crippen LogP contribution in [0.5, 0.6) is 0 Å². The third-order valence-corrected chi connectivity index (χ3v) is 7.66. The summed E-state index contributed by atoms with van der Waals surface area (Å²) in [6, 6.07) is 33.2. The maximum absolute atomic E-state index is 3.45. The van der Waals surface area contributed by atoms with E-state index in [2.05, 4.69) is 136 Å². The topological polar surface area (TPSA) is 24.5 Å². The van der Waals surface area contributed by atoms with Gasteiger partial charge >= 0.3 is 11.9 Å². The summed E-state index contributed by atoms with van der Waals surface area (Å²) in [5.74, 6) is 2.25. The predicted octanol–water partition coefficient (Wildman–Crippen LogP) is 2.67. The van der Waals surface area contributed by atoms with Gasteiger partial charge in [0.05, 0.1) is 61.5 Å². The van der Waals surface area contributed by atoms with Crippen LogP contribution in [0, 0.1) is 0 Å². The number of hydrogen-bond donors (Lipinski definition) is 1. The lowest BCUT2D eigenvalue weighted by atomic mass is 9.14. The number of benzene rings is 3. The Labute approximate surface area is 231 Å². The summed E-state index contributed by atoms with van der Waals surface area (Å²) in [7, 11) is 12.4. The predicted molar refractivity (Wildman–Crippen MR) is 166 cm³/mol. The molecular weight excluding hydrogens is 465 g/mol. The highest BCUT2D eigenvalue weighted by molar-refractivity contribution is 7.11. The molecule has 0 bridgehead atoms. The molecule has 0 spiro atoms. The van der Waals surface area contributed by atoms with E-state index in [-0.39, 0.29) is 0 Å². The van der Waals surface area contributed by atoms with Crippen LogP contribution < -0.4 is 21.7 Å². The molecule has 1 N–H and O–H groups in total. The first-order valence-electron chi connectivity index (χ1n) is 13.9. The molecule has 0 unspecified atom stereocenters. The van der Waals surface area contributed by atoms with Gasteiger partial charge in [0.15, 0.2) is 0 Å². The van der Waals surface area contributed by atoms with Gasteiger partial charge in [-0.3, -0.25) is 19.0 Å². The number of likely N-dealkylation sites (N-methyl/N-ethyl adjacent to an activating group) is 2. The first kappa shape index (κ1) is 29.0. The normalized spacial score (nSPS) is 13.1. The van der Waals surface area contributed by atoms with Gasteiger partial charge in [0, 0.05) is 0 Å². The highest BCUT2D eigenvalue weighted by atomic mass is 15.4. The van der Waals surface area contributed by atoms with Crippen molar-refractivity contribution >= 4 is 34.5 Å². The van der Waals surface area contributed by atoms with E-state index in [1.165, 1.54) is 35.6 Å². The van der Waals surface area contributed by atoms with Gasteiger partial charge in [-0.15, -0.1) is 0 Å². The maximum Gasteiger partial charge on any atom is 0.357 e. The van der Waals surface area contributed by atoms with E-state index >= 15 is 0 Å². The molecule has 202 valence electrons. The van der Waals surface area contributed by atoms with Crippen LogP contribution in [-0.2, 0) is 0 Å². The summed E-state index contributed by atoms with van der Waals surface area (Å²) in [6.45, 7) is 4.43. The Bertz CT molecular complexity index is 1090. The van der Waals surface area contributed by atoms with Crippen LogP contribution in [0.25, 0.3) is 0 Å². The molecule has 1 aliphatic heterocycles. The van der Waals surface area contributed by atoms with E-state index < -0.39 is 6.15 Å². The molecule has 0 saturated carbocycles. The molecule has 38 heavy (non-hydrogen) atoms. The molecule has 0 aliphatic carbocycles. The van der Waals surface area contributed by atoms with Crippen LogP contribution in [0.1, 0.15) is 19.8 Å². The Morgan fingerprint density at radius 1 is 0.868 bits per heavy atom. The van der Waals surface area contributed by atoms with Crippen molar-refractivity contribution in [3.63, 3.8) is 0 Å². The lowest BCUT2D eigenvalue weighted by Crippen LogP contribution is -2.66. The Morgan fingerprint density at radius 2 is 1.32 bits per heavy atom. The summed E-state index contributed by atoms with van der Waals surface area (Å²) in [4.78, 5) is 4.31. The average molecular weight is 513 g/mol. The fraction of sp³-hybridized carbons (Fsp3) is 0.375. The molecule has 0 saturated heterocycles. The Balaban J connectivity index is 0.000000232. The Kier molecular flexibility index (Phi) is 10.6. The van der Waals surface area contributed by atoms with Crippen molar-refractivity contribution in [3.8, 4) is 0 Å². The summed E-state index contributed by atoms with van der Waals surface area (Å²) < 4.78 is 4.31. The smallest absolute Gasteiger partial charge is 0.270 e. The number of rotatable bonds is 6. The molecule has 0 radical (unpaired) electrons. The summed E-state index contributed by atoms with van der Waals surface area (Å²) in [6.07, 6.45) is 2.73. The van der Waals surface area contributed by atoms with Gasteiger partial charge in [0.2, 0.25) is 0 Å². The molecule has 3 aromatic rings. The second kappa shape index (κ2) is 13.8. The first-order chi connectivity index (χ1) is 18.3. The van der Waals surface area contributed by atoms with Gasteiger partial charge in [-0.25, -0.2) is 0 Å². The monoisotopic (exact) mass is 512 g/mol. The van der Waals surface area contributed by atoms with Crippen molar-refractivity contribution in [3.05, 3.63) is 91.0 Å². The SMILES string of the molecule is CCCC[B-](c1ccccc1)(c1ccccc1)c1ccccc1.CN(C)C(NC1=[N+](C)CCN1C)=[N+](C)C. The highest BCUT2D eigenvalue weighted by Crippen LogP contribution is 2.16. The van der Waals surface area contributed by atoms with E-state index in [4.69, 9.17) is 0 Å². The standard InChI is InChI=1S/C22H24B.C10H22N5/c1-2-3-19-23(20-13-7-4-8-14-20,21-15-9-5-10-16-21)22-17-11-6-12-18-22;1-12(2)9(13(3)4)11-10-14(5)7-8-15(10)6/h4-18H,2-3,19H2,1H3;7-8H2,1-6H3/q-1;+1/p+1. The van der Waals surface area contributed by atoms with Crippen molar-refractivity contribution < 1.29 is 9.15 Å². The van der Waals surface area contributed by atoms with Crippen LogP contribution in [0.2, 0.25) is 6.32 Å². The summed E-state index contributed by atoms with van der Waals surface area (Å²) in [5.41, 5.74) is 4.33. The molecule has 0 amide bonds. The number of nitrogens with zero attached hydrogens (tertiary/aromatic N) is 4. The van der Waals surface area contributed by atoms with Gasteiger partial charge in [0.25, 0.3) is 0 Å². The Hall–Kier alpha value is -3.54. The minimum absolute atomic E-state index is 0.913. The molecule has 1 aliphatic rings. The quantitative estimate of drug-likeness (QED) is 0.238. The molecule has 5 nitrogen and oxygen atoms in total. The third-order valence-electron chi connectivity index (χ3n) is 7.66. The summed E-state index contributed by atoms with van der Waals surface area (Å²) in [5, 5.41) is 3.45. The zero-order valence-corrected chi connectivity index (χ0v) is 24.6. The average Bonchev–Trinajstić information content (AvgIpc) is 3.26. The maximum atomic E-state index is 3.45. The van der Waals surface area contributed by atoms with Gasteiger partial charge in [0.1, 0.15) is 0 Å². The second-order valence-corrected chi connectivity index (χ2v) is 10.8. The molecule has 4 rings (SSSR count). The van der Waals surface area contributed by atoms with Crippen molar-refractivity contribution in [2.24, 2.45) is 0 Å². The highest BCUT2D eigenvalue weighted by Gasteiger charge is 2.29. The lowest BCUT2D eigenvalue weighted by Gasteiger charge is -2.43. The zero-order valence-electron chi connectivity index (χ0n) is 24.6. The van der Waals surface area contributed by atoms with E-state index in [1.54, 1.807) is 0 Å². The largest absolute Gasteiger partial charge is 0.357 e. The third kappa shape index (κ3) is 6.86. The minimum atomic E-state index is -0.913. The van der Waals surface area contributed by atoms with Crippen LogP contribution >= 0.6 is 0 Å². The lowest BCUT2D eigenvalue weighted by molar-refractivity contribution is -0.490. The number of unbranched alkanes of at least 4 members (excludes halogenated alkanes) is 1. The summed E-state index contributed by atoms with van der Waals surface area (Å²) >= 11 is 0. The van der Waals surface area contributed by atoms with Crippen molar-refractivity contribution in [1.29, 1.82) is 0 Å². The molecule has 0 fully saturated rings.